The number of aromatic amines is 2. The summed E-state index contributed by atoms with van der Waals surface area (Å²) in [6, 6.07) is 0. The van der Waals surface area contributed by atoms with Crippen molar-refractivity contribution in [3.8, 4) is 11.6 Å². The Hall–Kier alpha value is -1.85. The van der Waals surface area contributed by atoms with Crippen molar-refractivity contribution in [3.63, 3.8) is 0 Å². The fourth-order valence-corrected chi connectivity index (χ4v) is 1.21. The zero-order chi connectivity index (χ0) is 9.97. The Bertz CT molecular complexity index is 467. The summed E-state index contributed by atoms with van der Waals surface area (Å²) in [5.74, 6) is 0.282. The first kappa shape index (κ1) is 8.74. The van der Waals surface area contributed by atoms with E-state index in [2.05, 4.69) is 31.6 Å². The molecule has 0 atom stereocenters. The maximum Gasteiger partial charge on any atom is 0.439 e. The largest absolute Gasteiger partial charge is 0.439 e. The Labute approximate surface area is 79.4 Å². The van der Waals surface area contributed by atoms with Crippen LogP contribution < -0.4 is 5.76 Å². The molecule has 14 heavy (non-hydrogen) atoms. The Kier molecular flexibility index (Phi) is 2.18. The van der Waals surface area contributed by atoms with Crippen molar-refractivity contribution < 1.29 is 4.52 Å². The van der Waals surface area contributed by atoms with Crippen molar-refractivity contribution in [2.24, 2.45) is 0 Å². The van der Waals surface area contributed by atoms with E-state index in [1.165, 1.54) is 0 Å². The van der Waals surface area contributed by atoms with Crippen LogP contribution in [0.3, 0.4) is 0 Å². The minimum atomic E-state index is -0.576. The first-order valence-electron chi connectivity index (χ1n) is 4.40. The molecule has 2 N–H and O–H groups in total. The van der Waals surface area contributed by atoms with Crippen LogP contribution in [0, 0.1) is 0 Å². The van der Waals surface area contributed by atoms with E-state index in [9.17, 15) is 4.79 Å². The van der Waals surface area contributed by atoms with Crippen LogP contribution in [-0.2, 0) is 6.42 Å². The second kappa shape index (κ2) is 3.49. The number of rotatable bonds is 3. The fourth-order valence-electron chi connectivity index (χ4n) is 1.21. The quantitative estimate of drug-likeness (QED) is 0.753. The minimum absolute atomic E-state index is 0.331. The van der Waals surface area contributed by atoms with Crippen LogP contribution in [0.15, 0.2) is 15.5 Å². The molecule has 0 aromatic carbocycles. The predicted octanol–water partition coefficient (Wildman–Crippen LogP) is 0.705. The Morgan fingerprint density at radius 1 is 1.43 bits per heavy atom. The Morgan fingerprint density at radius 2 is 2.29 bits per heavy atom. The van der Waals surface area contributed by atoms with E-state index in [0.29, 0.717) is 11.6 Å². The van der Waals surface area contributed by atoms with Gasteiger partial charge in [-0.15, -0.1) is 0 Å². The van der Waals surface area contributed by atoms with Crippen LogP contribution >= 0.6 is 0 Å². The fraction of sp³-hybridized carbons (Fsp3) is 0.375. The number of imidazole rings is 1. The summed E-state index contributed by atoms with van der Waals surface area (Å²) in [6.07, 6.45) is 3.69. The zero-order valence-corrected chi connectivity index (χ0v) is 7.70. The molecule has 0 fully saturated rings. The molecule has 6 nitrogen and oxygen atoms in total. The number of aromatic nitrogens is 4. The second-order valence-corrected chi connectivity index (χ2v) is 2.95. The van der Waals surface area contributed by atoms with Crippen LogP contribution in [-0.4, -0.2) is 20.1 Å². The molecule has 0 saturated carbocycles. The molecule has 0 aliphatic rings. The lowest BCUT2D eigenvalue weighted by Gasteiger charge is -1.89. The molecule has 74 valence electrons. The average molecular weight is 194 g/mol. The third kappa shape index (κ3) is 1.59. The van der Waals surface area contributed by atoms with Crippen LogP contribution in [0.4, 0.5) is 0 Å². The van der Waals surface area contributed by atoms with Crippen molar-refractivity contribution in [2.45, 2.75) is 19.8 Å². The number of nitrogens with one attached hydrogen (secondary N) is 2. The summed E-state index contributed by atoms with van der Waals surface area (Å²) >= 11 is 0. The topological polar surface area (TPSA) is 87.6 Å². The van der Waals surface area contributed by atoms with Gasteiger partial charge in [0.15, 0.2) is 5.82 Å². The van der Waals surface area contributed by atoms with Gasteiger partial charge in [0, 0.05) is 11.9 Å². The van der Waals surface area contributed by atoms with E-state index in [-0.39, 0.29) is 0 Å². The van der Waals surface area contributed by atoms with Crippen molar-refractivity contribution in [1.29, 1.82) is 0 Å². The van der Waals surface area contributed by atoms with E-state index in [1.807, 2.05) is 0 Å². The summed E-state index contributed by atoms with van der Waals surface area (Å²) in [7, 11) is 0. The van der Waals surface area contributed by atoms with E-state index in [4.69, 9.17) is 0 Å². The molecule has 0 bridgehead atoms. The lowest BCUT2D eigenvalue weighted by atomic mass is 10.3. The van der Waals surface area contributed by atoms with Crippen LogP contribution in [0.1, 0.15) is 19.0 Å². The van der Waals surface area contributed by atoms with Gasteiger partial charge >= 0.3 is 5.76 Å². The Morgan fingerprint density at radius 3 is 2.93 bits per heavy atom. The molecular formula is C8H10N4O2. The van der Waals surface area contributed by atoms with Gasteiger partial charge in [-0.1, -0.05) is 18.5 Å². The number of H-pyrrole nitrogens is 2. The van der Waals surface area contributed by atoms with Crippen molar-refractivity contribution >= 4 is 0 Å². The second-order valence-electron chi connectivity index (χ2n) is 2.95. The molecule has 2 aromatic rings. The first-order chi connectivity index (χ1) is 6.79. The van der Waals surface area contributed by atoms with Crippen molar-refractivity contribution in [2.75, 3.05) is 0 Å². The number of hydrogen-bond donors (Lipinski definition) is 2. The van der Waals surface area contributed by atoms with Crippen LogP contribution in [0.2, 0.25) is 0 Å². The van der Waals surface area contributed by atoms with Gasteiger partial charge in [0.1, 0.15) is 0 Å². The molecule has 6 heteroatoms. The van der Waals surface area contributed by atoms with Gasteiger partial charge < -0.3 is 4.98 Å². The molecule has 0 saturated heterocycles. The highest BCUT2D eigenvalue weighted by Crippen LogP contribution is 2.09. The molecule has 0 aliphatic heterocycles. The molecule has 2 aromatic heterocycles. The number of hydrogen-bond acceptors (Lipinski definition) is 4. The smallest absolute Gasteiger partial charge is 0.339 e. The molecule has 0 amide bonds. The molecular weight excluding hydrogens is 184 g/mol. The monoisotopic (exact) mass is 194 g/mol. The normalized spacial score (nSPS) is 10.6. The van der Waals surface area contributed by atoms with Gasteiger partial charge in [-0.05, 0) is 6.42 Å². The highest BCUT2D eigenvalue weighted by Gasteiger charge is 2.07. The van der Waals surface area contributed by atoms with Crippen molar-refractivity contribution in [1.82, 2.24) is 20.1 Å². The van der Waals surface area contributed by atoms with Gasteiger partial charge in [-0.3, -0.25) is 9.51 Å². The highest BCUT2D eigenvalue weighted by atomic mass is 16.5. The van der Waals surface area contributed by atoms with E-state index >= 15 is 0 Å². The predicted molar refractivity (Wildman–Crippen MR) is 48.7 cm³/mol. The maximum atomic E-state index is 10.7. The molecule has 0 aliphatic carbocycles. The SMILES string of the molecule is CCCc1cnc(-c2noc(=O)[nH]2)[nH]1. The summed E-state index contributed by atoms with van der Waals surface area (Å²) in [4.78, 5) is 20.2. The van der Waals surface area contributed by atoms with Crippen LogP contribution in [0.25, 0.3) is 11.6 Å². The number of nitrogens with zero attached hydrogens (tertiary/aromatic N) is 2. The summed E-state index contributed by atoms with van der Waals surface area (Å²) < 4.78 is 4.37. The third-order valence-electron chi connectivity index (χ3n) is 1.81. The molecule has 2 rings (SSSR count). The lowest BCUT2D eigenvalue weighted by Crippen LogP contribution is -1.95. The first-order valence-corrected chi connectivity index (χ1v) is 4.40. The van der Waals surface area contributed by atoms with E-state index in [0.717, 1.165) is 18.5 Å². The average Bonchev–Trinajstić information content (AvgIpc) is 2.74. The van der Waals surface area contributed by atoms with Gasteiger partial charge in [0.2, 0.25) is 5.82 Å². The van der Waals surface area contributed by atoms with Crippen LogP contribution in [0.5, 0.6) is 0 Å². The van der Waals surface area contributed by atoms with Crippen molar-refractivity contribution in [3.05, 3.63) is 22.4 Å². The lowest BCUT2D eigenvalue weighted by molar-refractivity contribution is 0.387. The summed E-state index contributed by atoms with van der Waals surface area (Å²) in [5, 5.41) is 3.52. The van der Waals surface area contributed by atoms with Gasteiger partial charge in [0.05, 0.1) is 0 Å². The zero-order valence-electron chi connectivity index (χ0n) is 7.70. The standard InChI is InChI=1S/C8H10N4O2/c1-2-3-5-4-9-6(10-5)7-11-8(13)14-12-7/h4H,2-3H2,1H3,(H,9,10)(H,11,12,13). The molecule has 0 unspecified atom stereocenters. The Balaban J connectivity index is 2.28. The molecule has 0 spiro atoms. The maximum absolute atomic E-state index is 10.7. The van der Waals surface area contributed by atoms with Gasteiger partial charge in [-0.2, -0.15) is 0 Å². The van der Waals surface area contributed by atoms with Gasteiger partial charge in [0.25, 0.3) is 0 Å². The highest BCUT2D eigenvalue weighted by molar-refractivity contribution is 5.41. The summed E-state index contributed by atoms with van der Waals surface area (Å²) in [6.45, 7) is 2.08. The molecule has 2 heterocycles. The number of aryl methyl sites for hydroxylation is 1. The molecule has 0 radical (unpaired) electrons. The van der Waals surface area contributed by atoms with Gasteiger partial charge in [-0.25, -0.2) is 9.78 Å². The van der Waals surface area contributed by atoms with E-state index < -0.39 is 5.76 Å². The van der Waals surface area contributed by atoms with E-state index in [1.54, 1.807) is 6.20 Å². The summed E-state index contributed by atoms with van der Waals surface area (Å²) in [5.41, 5.74) is 1.02. The minimum Gasteiger partial charge on any atom is -0.339 e. The third-order valence-corrected chi connectivity index (χ3v) is 1.81.